The maximum Gasteiger partial charge on any atom is 0.0181 e. The molecular formula is C33H69N. The zero-order valence-electron chi connectivity index (χ0n) is 24.8. The van der Waals surface area contributed by atoms with Crippen molar-refractivity contribution in [1.82, 2.24) is 5.32 Å². The third-order valence-corrected chi connectivity index (χ3v) is 8.06. The molecule has 0 atom stereocenters. The van der Waals surface area contributed by atoms with Gasteiger partial charge in [0, 0.05) is 5.54 Å². The summed E-state index contributed by atoms with van der Waals surface area (Å²) >= 11 is 0. The van der Waals surface area contributed by atoms with E-state index in [9.17, 15) is 0 Å². The summed E-state index contributed by atoms with van der Waals surface area (Å²) in [5, 5.41) is 4.20. The molecule has 0 amide bonds. The Morgan fingerprint density at radius 2 is 0.588 bits per heavy atom. The van der Waals surface area contributed by atoms with E-state index in [0.717, 1.165) is 0 Å². The summed E-state index contributed by atoms with van der Waals surface area (Å²) in [4.78, 5) is 0. The lowest BCUT2D eigenvalue weighted by molar-refractivity contribution is 0.235. The maximum atomic E-state index is 4.20. The van der Waals surface area contributed by atoms with Crippen LogP contribution in [0, 0.1) is 0 Å². The second-order valence-corrected chi connectivity index (χ2v) is 11.5. The molecule has 0 aromatic rings. The van der Waals surface area contributed by atoms with Gasteiger partial charge in [-0.25, -0.2) is 0 Å². The number of unbranched alkanes of at least 4 members (excludes halogenated alkanes) is 20. The van der Waals surface area contributed by atoms with Crippen LogP contribution in [0.1, 0.15) is 201 Å². The normalized spacial score (nSPS) is 12.0. The van der Waals surface area contributed by atoms with Gasteiger partial charge in [0.05, 0.1) is 0 Å². The molecule has 1 N–H and O–H groups in total. The third kappa shape index (κ3) is 22.4. The van der Waals surface area contributed by atoms with E-state index in [1.807, 2.05) is 0 Å². The van der Waals surface area contributed by atoms with Gasteiger partial charge in [0.2, 0.25) is 0 Å². The van der Waals surface area contributed by atoms with Gasteiger partial charge in [0.1, 0.15) is 0 Å². The SMILES string of the molecule is CCCCCCCCCCCCCCNC(CCCCCC)(CCCCCC)CCCCCC. The molecule has 0 radical (unpaired) electrons. The van der Waals surface area contributed by atoms with Gasteiger partial charge in [0.25, 0.3) is 0 Å². The second kappa shape index (κ2) is 27.5. The Morgan fingerprint density at radius 1 is 0.324 bits per heavy atom. The van der Waals surface area contributed by atoms with Crippen molar-refractivity contribution >= 4 is 0 Å². The summed E-state index contributed by atoms with van der Waals surface area (Å²) in [6.45, 7) is 10.6. The van der Waals surface area contributed by atoms with Crippen molar-refractivity contribution in [1.29, 1.82) is 0 Å². The molecule has 34 heavy (non-hydrogen) atoms. The van der Waals surface area contributed by atoms with E-state index < -0.39 is 0 Å². The quantitative estimate of drug-likeness (QED) is 0.105. The van der Waals surface area contributed by atoms with Gasteiger partial charge in [-0.2, -0.15) is 0 Å². The first-order valence-electron chi connectivity index (χ1n) is 16.5. The third-order valence-electron chi connectivity index (χ3n) is 8.06. The van der Waals surface area contributed by atoms with Crippen LogP contribution in [-0.4, -0.2) is 12.1 Å². The molecule has 0 aromatic carbocycles. The fraction of sp³-hybridized carbons (Fsp3) is 1.00. The molecule has 0 aromatic heterocycles. The topological polar surface area (TPSA) is 12.0 Å². The maximum absolute atomic E-state index is 4.20. The molecule has 0 saturated carbocycles. The van der Waals surface area contributed by atoms with E-state index in [4.69, 9.17) is 0 Å². The molecule has 1 heteroatoms. The van der Waals surface area contributed by atoms with E-state index in [2.05, 4.69) is 33.0 Å². The fourth-order valence-corrected chi connectivity index (χ4v) is 5.63. The lowest BCUT2D eigenvalue weighted by atomic mass is 9.81. The summed E-state index contributed by atoms with van der Waals surface area (Å²) in [5.74, 6) is 0. The largest absolute Gasteiger partial charge is 0.311 e. The molecule has 0 bridgehead atoms. The first kappa shape index (κ1) is 34.0. The van der Waals surface area contributed by atoms with Crippen molar-refractivity contribution in [2.45, 2.75) is 207 Å². The van der Waals surface area contributed by atoms with Crippen LogP contribution in [0.4, 0.5) is 0 Å². The van der Waals surface area contributed by atoms with Gasteiger partial charge in [-0.05, 0) is 32.2 Å². The predicted molar refractivity (Wildman–Crippen MR) is 158 cm³/mol. The van der Waals surface area contributed by atoms with Crippen LogP contribution in [-0.2, 0) is 0 Å². The van der Waals surface area contributed by atoms with Gasteiger partial charge >= 0.3 is 0 Å². The number of nitrogens with one attached hydrogen (secondary N) is 1. The molecule has 0 spiro atoms. The average molecular weight is 480 g/mol. The zero-order chi connectivity index (χ0) is 25.0. The molecule has 0 aliphatic heterocycles. The fourth-order valence-electron chi connectivity index (χ4n) is 5.63. The molecule has 0 saturated heterocycles. The first-order chi connectivity index (χ1) is 16.7. The van der Waals surface area contributed by atoms with E-state index in [0.29, 0.717) is 5.54 Å². The lowest BCUT2D eigenvalue weighted by Crippen LogP contribution is -2.45. The van der Waals surface area contributed by atoms with Crippen LogP contribution in [0.25, 0.3) is 0 Å². The second-order valence-electron chi connectivity index (χ2n) is 11.5. The monoisotopic (exact) mass is 480 g/mol. The summed E-state index contributed by atoms with van der Waals surface area (Å²) in [6, 6.07) is 0. The summed E-state index contributed by atoms with van der Waals surface area (Å²) in [7, 11) is 0. The number of hydrogen-bond acceptors (Lipinski definition) is 1. The highest BCUT2D eigenvalue weighted by Gasteiger charge is 2.27. The minimum atomic E-state index is 0.438. The van der Waals surface area contributed by atoms with Crippen LogP contribution < -0.4 is 5.32 Å². The Morgan fingerprint density at radius 3 is 0.912 bits per heavy atom. The minimum absolute atomic E-state index is 0.438. The van der Waals surface area contributed by atoms with Crippen molar-refractivity contribution < 1.29 is 0 Å². The standard InChI is InChI=1S/C33H69N/c1-5-9-13-17-18-19-20-21-22-23-24-28-32-34-33(29-25-14-10-6-2,30-26-15-11-7-3)31-27-16-12-8-4/h34H,5-32H2,1-4H3. The Labute approximate surface area is 218 Å². The first-order valence-corrected chi connectivity index (χ1v) is 16.5. The molecular weight excluding hydrogens is 410 g/mol. The smallest absolute Gasteiger partial charge is 0.0181 e. The van der Waals surface area contributed by atoms with Gasteiger partial charge in [-0.1, -0.05) is 175 Å². The van der Waals surface area contributed by atoms with Crippen LogP contribution in [0.5, 0.6) is 0 Å². The van der Waals surface area contributed by atoms with Crippen molar-refractivity contribution in [2.24, 2.45) is 0 Å². The van der Waals surface area contributed by atoms with Gasteiger partial charge in [0.15, 0.2) is 0 Å². The predicted octanol–water partition coefficient (Wildman–Crippen LogP) is 11.9. The minimum Gasteiger partial charge on any atom is -0.311 e. The van der Waals surface area contributed by atoms with Gasteiger partial charge in [-0.15, -0.1) is 0 Å². The number of rotatable bonds is 29. The Kier molecular flexibility index (Phi) is 27.5. The van der Waals surface area contributed by atoms with Crippen molar-refractivity contribution in [2.75, 3.05) is 6.54 Å². The highest BCUT2D eigenvalue weighted by atomic mass is 15.0. The summed E-state index contributed by atoms with van der Waals surface area (Å²) < 4.78 is 0. The van der Waals surface area contributed by atoms with Gasteiger partial charge in [-0.3, -0.25) is 0 Å². The van der Waals surface area contributed by atoms with Crippen LogP contribution >= 0.6 is 0 Å². The molecule has 0 heterocycles. The molecule has 0 rings (SSSR count). The Balaban J connectivity index is 4.28. The zero-order valence-corrected chi connectivity index (χ0v) is 24.8. The van der Waals surface area contributed by atoms with Crippen LogP contribution in [0.15, 0.2) is 0 Å². The van der Waals surface area contributed by atoms with Crippen LogP contribution in [0.3, 0.4) is 0 Å². The lowest BCUT2D eigenvalue weighted by Gasteiger charge is -2.36. The Hall–Kier alpha value is -0.0400. The van der Waals surface area contributed by atoms with E-state index >= 15 is 0 Å². The van der Waals surface area contributed by atoms with Crippen molar-refractivity contribution in [3.63, 3.8) is 0 Å². The highest BCUT2D eigenvalue weighted by molar-refractivity contribution is 4.88. The Bertz CT molecular complexity index is 332. The molecule has 1 nitrogen and oxygen atoms in total. The molecule has 0 aliphatic carbocycles. The van der Waals surface area contributed by atoms with Crippen LogP contribution in [0.2, 0.25) is 0 Å². The van der Waals surface area contributed by atoms with Crippen molar-refractivity contribution in [3.05, 3.63) is 0 Å². The highest BCUT2D eigenvalue weighted by Crippen LogP contribution is 2.29. The molecule has 0 fully saturated rings. The van der Waals surface area contributed by atoms with Gasteiger partial charge < -0.3 is 5.32 Å². The average Bonchev–Trinajstić information content (AvgIpc) is 2.85. The van der Waals surface area contributed by atoms with E-state index in [1.165, 1.54) is 180 Å². The molecule has 0 aliphatic rings. The van der Waals surface area contributed by atoms with Crippen molar-refractivity contribution in [3.8, 4) is 0 Å². The van der Waals surface area contributed by atoms with E-state index in [-0.39, 0.29) is 0 Å². The molecule has 206 valence electrons. The summed E-state index contributed by atoms with van der Waals surface area (Å²) in [6.07, 6.45) is 38.5. The molecule has 0 unspecified atom stereocenters. The number of hydrogen-bond donors (Lipinski definition) is 1. The van der Waals surface area contributed by atoms with E-state index in [1.54, 1.807) is 0 Å². The summed E-state index contributed by atoms with van der Waals surface area (Å²) in [5.41, 5.74) is 0.438.